The second-order valence-electron chi connectivity index (χ2n) is 3.80. The third-order valence-electron chi connectivity index (χ3n) is 2.34. The number of nitrogens with one attached hydrogen (secondary N) is 1. The highest BCUT2D eigenvalue weighted by Crippen LogP contribution is 2.33. The van der Waals surface area contributed by atoms with Crippen LogP contribution in [0.25, 0.3) is 0 Å². The van der Waals surface area contributed by atoms with Gasteiger partial charge in [0.2, 0.25) is 5.16 Å². The van der Waals surface area contributed by atoms with E-state index in [4.69, 9.17) is 0 Å². The molecule has 1 heterocycles. The number of H-pyrrole nitrogens is 1. The molecule has 98 valence electrons. The first-order chi connectivity index (χ1) is 8.97. The molecule has 0 bridgehead atoms. The molecule has 1 aromatic heterocycles. The molecule has 0 aliphatic heterocycles. The molecule has 0 aliphatic rings. The van der Waals surface area contributed by atoms with E-state index in [-0.39, 0.29) is 11.5 Å². The molecule has 7 nitrogen and oxygen atoms in total. The summed E-state index contributed by atoms with van der Waals surface area (Å²) in [7, 11) is 0. The van der Waals surface area contributed by atoms with E-state index in [1.54, 1.807) is 13.0 Å². The lowest BCUT2D eigenvalue weighted by molar-refractivity contribution is -0.387. The Morgan fingerprint density at radius 1 is 1.47 bits per heavy atom. The van der Waals surface area contributed by atoms with Crippen molar-refractivity contribution in [1.82, 2.24) is 15.2 Å². The van der Waals surface area contributed by atoms with Crippen molar-refractivity contribution in [2.75, 3.05) is 0 Å². The summed E-state index contributed by atoms with van der Waals surface area (Å²) in [5.74, 6) is 0.416. The van der Waals surface area contributed by atoms with Crippen molar-refractivity contribution in [2.45, 2.75) is 23.9 Å². The van der Waals surface area contributed by atoms with E-state index in [2.05, 4.69) is 15.2 Å². The van der Waals surface area contributed by atoms with E-state index in [1.165, 1.54) is 19.1 Å². The van der Waals surface area contributed by atoms with Crippen LogP contribution in [0.4, 0.5) is 5.69 Å². The third-order valence-corrected chi connectivity index (χ3v) is 3.27. The Kier molecular flexibility index (Phi) is 3.61. The third kappa shape index (κ3) is 2.97. The molecule has 0 unspecified atom stereocenters. The minimum atomic E-state index is -0.520. The Hall–Kier alpha value is -2.22. The van der Waals surface area contributed by atoms with Crippen molar-refractivity contribution in [2.24, 2.45) is 0 Å². The van der Waals surface area contributed by atoms with Gasteiger partial charge in [0.15, 0.2) is 5.78 Å². The quantitative estimate of drug-likeness (QED) is 0.523. The molecule has 0 spiro atoms. The minimum absolute atomic E-state index is 0.125. The number of carbonyl (C=O) groups is 1. The standard InChI is InChI=1S/C11H10N4O3S/c1-6(16)8-3-4-10(9(5-8)15(17)18)19-11-12-7(2)13-14-11/h3-5H,1-2H3,(H,12,13,14). The monoisotopic (exact) mass is 278 g/mol. The number of ketones is 1. The first kappa shape index (κ1) is 13.2. The molecular weight excluding hydrogens is 268 g/mol. The second-order valence-corrected chi connectivity index (χ2v) is 4.81. The number of nitro benzene ring substituents is 1. The van der Waals surface area contributed by atoms with E-state index in [1.807, 2.05) is 0 Å². The Bertz CT molecular complexity index is 653. The van der Waals surface area contributed by atoms with Gasteiger partial charge >= 0.3 is 0 Å². The summed E-state index contributed by atoms with van der Waals surface area (Å²) < 4.78 is 0. The molecule has 1 N–H and O–H groups in total. The lowest BCUT2D eigenvalue weighted by Gasteiger charge is -2.01. The first-order valence-electron chi connectivity index (χ1n) is 5.33. The van der Waals surface area contributed by atoms with Crippen LogP contribution in [0.2, 0.25) is 0 Å². The van der Waals surface area contributed by atoms with E-state index in [9.17, 15) is 14.9 Å². The number of benzene rings is 1. The zero-order chi connectivity index (χ0) is 14.0. The van der Waals surface area contributed by atoms with E-state index < -0.39 is 4.92 Å². The van der Waals surface area contributed by atoms with E-state index >= 15 is 0 Å². The molecule has 19 heavy (non-hydrogen) atoms. The van der Waals surface area contributed by atoms with Gasteiger partial charge in [-0.2, -0.15) is 0 Å². The smallest absolute Gasteiger partial charge is 0.284 e. The molecule has 1 aromatic carbocycles. The van der Waals surface area contributed by atoms with Gasteiger partial charge in [-0.3, -0.25) is 20.0 Å². The van der Waals surface area contributed by atoms with Crippen LogP contribution in [0.15, 0.2) is 28.3 Å². The van der Waals surface area contributed by atoms with Gasteiger partial charge in [0.05, 0.1) is 9.82 Å². The maximum absolute atomic E-state index is 11.2. The predicted molar refractivity (Wildman–Crippen MR) is 68.3 cm³/mol. The summed E-state index contributed by atoms with van der Waals surface area (Å²) in [6.45, 7) is 3.11. The van der Waals surface area contributed by atoms with Gasteiger partial charge in [-0.1, -0.05) is 0 Å². The number of Topliss-reactive ketones (excluding diaryl/α,β-unsaturated/α-hetero) is 1. The fraction of sp³-hybridized carbons (Fsp3) is 0.182. The van der Waals surface area contributed by atoms with Gasteiger partial charge in [0.1, 0.15) is 5.82 Å². The van der Waals surface area contributed by atoms with Crippen LogP contribution < -0.4 is 0 Å². The Labute approximate surface area is 112 Å². The largest absolute Gasteiger partial charge is 0.295 e. The number of aryl methyl sites for hydroxylation is 1. The number of hydrogen-bond donors (Lipinski definition) is 1. The molecule has 0 radical (unpaired) electrons. The summed E-state index contributed by atoms with van der Waals surface area (Å²) >= 11 is 1.08. The summed E-state index contributed by atoms with van der Waals surface area (Å²) in [4.78, 5) is 26.2. The highest BCUT2D eigenvalue weighted by molar-refractivity contribution is 7.99. The molecular formula is C11H10N4O3S. The van der Waals surface area contributed by atoms with Crippen molar-refractivity contribution < 1.29 is 9.72 Å². The summed E-state index contributed by atoms with van der Waals surface area (Å²) in [5.41, 5.74) is 0.183. The molecule has 0 atom stereocenters. The number of carbonyl (C=O) groups excluding carboxylic acids is 1. The summed E-state index contributed by atoms with van der Waals surface area (Å²) in [5, 5.41) is 18.0. The molecule has 0 amide bonds. The van der Waals surface area contributed by atoms with Gasteiger partial charge in [-0.05, 0) is 37.7 Å². The topological polar surface area (TPSA) is 102 Å². The lowest BCUT2D eigenvalue weighted by Crippen LogP contribution is -1.97. The Morgan fingerprint density at radius 2 is 2.21 bits per heavy atom. The average Bonchev–Trinajstić information content (AvgIpc) is 2.74. The van der Waals surface area contributed by atoms with Crippen LogP contribution in [0, 0.1) is 17.0 Å². The van der Waals surface area contributed by atoms with Crippen molar-refractivity contribution >= 4 is 23.2 Å². The summed E-state index contributed by atoms with van der Waals surface area (Å²) in [6, 6.07) is 4.35. The van der Waals surface area contributed by atoms with Crippen molar-refractivity contribution in [3.05, 3.63) is 39.7 Å². The minimum Gasteiger partial charge on any atom is -0.295 e. The Morgan fingerprint density at radius 3 is 2.74 bits per heavy atom. The summed E-state index contributed by atoms with van der Waals surface area (Å²) in [6.07, 6.45) is 0. The molecule has 0 fully saturated rings. The van der Waals surface area contributed by atoms with Crippen LogP contribution >= 0.6 is 11.8 Å². The zero-order valence-electron chi connectivity index (χ0n) is 10.2. The van der Waals surface area contributed by atoms with Crippen molar-refractivity contribution in [1.29, 1.82) is 0 Å². The van der Waals surface area contributed by atoms with Crippen LogP contribution in [0.3, 0.4) is 0 Å². The number of aromatic amines is 1. The normalized spacial score (nSPS) is 10.4. The highest BCUT2D eigenvalue weighted by Gasteiger charge is 2.18. The average molecular weight is 278 g/mol. The zero-order valence-corrected chi connectivity index (χ0v) is 11.0. The van der Waals surface area contributed by atoms with Crippen LogP contribution in [-0.2, 0) is 0 Å². The van der Waals surface area contributed by atoms with Gasteiger partial charge in [-0.15, -0.1) is 5.10 Å². The maximum Gasteiger partial charge on any atom is 0.284 e. The second kappa shape index (κ2) is 5.19. The molecule has 2 rings (SSSR count). The SMILES string of the molecule is CC(=O)c1ccc(Sc2n[nH]c(C)n2)c([N+](=O)[O-])c1. The molecule has 0 saturated carbocycles. The van der Waals surface area contributed by atoms with Gasteiger partial charge in [0, 0.05) is 11.6 Å². The Balaban J connectivity index is 2.39. The number of nitrogens with zero attached hydrogens (tertiary/aromatic N) is 3. The van der Waals surface area contributed by atoms with Crippen LogP contribution in [0.1, 0.15) is 23.1 Å². The molecule has 8 heteroatoms. The fourth-order valence-corrected chi connectivity index (χ4v) is 2.28. The highest BCUT2D eigenvalue weighted by atomic mass is 32.2. The number of nitro groups is 1. The number of rotatable bonds is 4. The molecule has 0 aliphatic carbocycles. The number of hydrogen-bond acceptors (Lipinski definition) is 6. The van der Waals surface area contributed by atoms with E-state index in [0.717, 1.165) is 11.8 Å². The van der Waals surface area contributed by atoms with Crippen molar-refractivity contribution in [3.63, 3.8) is 0 Å². The first-order valence-corrected chi connectivity index (χ1v) is 6.15. The number of aromatic nitrogens is 3. The van der Waals surface area contributed by atoms with E-state index in [0.29, 0.717) is 21.4 Å². The molecule has 2 aromatic rings. The predicted octanol–water partition coefficient (Wildman–Crippen LogP) is 2.38. The lowest BCUT2D eigenvalue weighted by atomic mass is 10.1. The van der Waals surface area contributed by atoms with Crippen LogP contribution in [-0.4, -0.2) is 25.9 Å². The van der Waals surface area contributed by atoms with Crippen LogP contribution in [0.5, 0.6) is 0 Å². The van der Waals surface area contributed by atoms with Gasteiger partial charge < -0.3 is 0 Å². The maximum atomic E-state index is 11.2. The van der Waals surface area contributed by atoms with Gasteiger partial charge in [-0.25, -0.2) is 4.98 Å². The fourth-order valence-electron chi connectivity index (χ4n) is 1.43. The van der Waals surface area contributed by atoms with Gasteiger partial charge in [0.25, 0.3) is 5.69 Å². The van der Waals surface area contributed by atoms with Crippen molar-refractivity contribution in [3.8, 4) is 0 Å². The molecule has 0 saturated heterocycles.